The number of benzene rings is 1. The highest BCUT2D eigenvalue weighted by Gasteiger charge is 2.41. The normalized spacial score (nSPS) is 29.5. The fourth-order valence-electron chi connectivity index (χ4n) is 2.38. The van der Waals surface area contributed by atoms with Crippen molar-refractivity contribution in [3.05, 3.63) is 30.1 Å². The van der Waals surface area contributed by atoms with Gasteiger partial charge in [-0.1, -0.05) is 19.1 Å². The number of hydrogen-bond acceptors (Lipinski definition) is 3. The molecular formula is C12H15FO3S. The first-order valence-electron chi connectivity index (χ1n) is 5.61. The third-order valence-corrected chi connectivity index (χ3v) is 5.89. The maximum atomic E-state index is 13.5. The number of rotatable bonds is 2. The summed E-state index contributed by atoms with van der Waals surface area (Å²) in [5.41, 5.74) is 0. The van der Waals surface area contributed by atoms with E-state index in [4.69, 9.17) is 0 Å². The molecule has 0 saturated heterocycles. The smallest absolute Gasteiger partial charge is 0.184 e. The van der Waals surface area contributed by atoms with E-state index in [1.54, 1.807) is 6.92 Å². The first-order valence-corrected chi connectivity index (χ1v) is 7.15. The van der Waals surface area contributed by atoms with Crippen molar-refractivity contribution in [3.63, 3.8) is 0 Å². The van der Waals surface area contributed by atoms with Crippen molar-refractivity contribution in [3.8, 4) is 0 Å². The summed E-state index contributed by atoms with van der Waals surface area (Å²) in [6, 6.07) is 5.39. The summed E-state index contributed by atoms with van der Waals surface area (Å²) in [7, 11) is -3.69. The second-order valence-corrected chi connectivity index (χ2v) is 6.65. The fraction of sp³-hybridized carbons (Fsp3) is 0.500. The van der Waals surface area contributed by atoms with Gasteiger partial charge in [0.2, 0.25) is 0 Å². The summed E-state index contributed by atoms with van der Waals surface area (Å²) in [6.45, 7) is 1.70. The van der Waals surface area contributed by atoms with Crippen molar-refractivity contribution >= 4 is 9.84 Å². The molecular weight excluding hydrogens is 243 g/mol. The predicted octanol–water partition coefficient (Wildman–Crippen LogP) is 1.76. The van der Waals surface area contributed by atoms with E-state index >= 15 is 0 Å². The quantitative estimate of drug-likeness (QED) is 0.879. The summed E-state index contributed by atoms with van der Waals surface area (Å²) in [5, 5.41) is 8.90. The molecule has 3 unspecified atom stereocenters. The molecule has 1 aromatic rings. The zero-order chi connectivity index (χ0) is 12.6. The SMILES string of the molecule is CC1C(O)CCC1S(=O)(=O)c1ccccc1F. The van der Waals surface area contributed by atoms with Crippen LogP contribution in [0.15, 0.2) is 29.2 Å². The Morgan fingerprint density at radius 2 is 1.94 bits per heavy atom. The monoisotopic (exact) mass is 258 g/mol. The van der Waals surface area contributed by atoms with Gasteiger partial charge in [0.25, 0.3) is 0 Å². The van der Waals surface area contributed by atoms with Gasteiger partial charge in [-0.25, -0.2) is 12.8 Å². The minimum atomic E-state index is -3.69. The zero-order valence-corrected chi connectivity index (χ0v) is 10.3. The van der Waals surface area contributed by atoms with E-state index in [9.17, 15) is 17.9 Å². The molecule has 1 aromatic carbocycles. The van der Waals surface area contributed by atoms with Gasteiger partial charge in [0.15, 0.2) is 9.84 Å². The van der Waals surface area contributed by atoms with E-state index in [-0.39, 0.29) is 10.8 Å². The Labute approximate surface area is 100 Å². The van der Waals surface area contributed by atoms with Gasteiger partial charge in [-0.05, 0) is 30.9 Å². The molecule has 1 aliphatic carbocycles. The van der Waals surface area contributed by atoms with Gasteiger partial charge >= 0.3 is 0 Å². The van der Waals surface area contributed by atoms with E-state index < -0.39 is 27.0 Å². The molecule has 1 N–H and O–H groups in total. The maximum absolute atomic E-state index is 13.5. The van der Waals surface area contributed by atoms with E-state index in [2.05, 4.69) is 0 Å². The average molecular weight is 258 g/mol. The Bertz CT molecular complexity index is 512. The Morgan fingerprint density at radius 1 is 1.29 bits per heavy atom. The summed E-state index contributed by atoms with van der Waals surface area (Å²) in [6.07, 6.45) is 0.236. The van der Waals surface area contributed by atoms with Crippen LogP contribution in [-0.4, -0.2) is 24.9 Å². The molecule has 0 radical (unpaired) electrons. The van der Waals surface area contributed by atoms with E-state index in [1.807, 2.05) is 0 Å². The molecule has 0 bridgehead atoms. The molecule has 1 aliphatic rings. The highest BCUT2D eigenvalue weighted by Crippen LogP contribution is 2.35. The van der Waals surface area contributed by atoms with E-state index in [0.29, 0.717) is 12.8 Å². The molecule has 2 rings (SSSR count). The minimum Gasteiger partial charge on any atom is -0.393 e. The van der Waals surface area contributed by atoms with Crippen molar-refractivity contribution in [2.75, 3.05) is 0 Å². The minimum absolute atomic E-state index is 0.258. The lowest BCUT2D eigenvalue weighted by atomic mass is 10.1. The molecule has 0 spiro atoms. The third kappa shape index (κ3) is 2.09. The lowest BCUT2D eigenvalue weighted by Crippen LogP contribution is -2.28. The van der Waals surface area contributed by atoms with Crippen LogP contribution >= 0.6 is 0 Å². The second kappa shape index (κ2) is 4.38. The standard InChI is InChI=1S/C12H15FO3S/c1-8-10(14)6-7-11(8)17(15,16)12-5-3-2-4-9(12)13/h2-5,8,10-11,14H,6-7H2,1H3. The highest BCUT2D eigenvalue weighted by molar-refractivity contribution is 7.92. The molecule has 94 valence electrons. The van der Waals surface area contributed by atoms with Crippen LogP contribution < -0.4 is 0 Å². The third-order valence-electron chi connectivity index (χ3n) is 3.48. The van der Waals surface area contributed by atoms with Crippen LogP contribution in [0.2, 0.25) is 0 Å². The van der Waals surface area contributed by atoms with Crippen LogP contribution in [0.4, 0.5) is 4.39 Å². The molecule has 0 amide bonds. The van der Waals surface area contributed by atoms with Crippen molar-refractivity contribution in [1.82, 2.24) is 0 Å². The Hall–Kier alpha value is -0.940. The molecule has 1 saturated carbocycles. The second-order valence-electron chi connectivity index (χ2n) is 4.52. The summed E-state index contributed by atoms with van der Waals surface area (Å²) in [4.78, 5) is -0.258. The number of sulfone groups is 1. The molecule has 3 nitrogen and oxygen atoms in total. The Balaban J connectivity index is 2.41. The number of halogens is 1. The lowest BCUT2D eigenvalue weighted by molar-refractivity contribution is 0.142. The van der Waals surface area contributed by atoms with E-state index in [0.717, 1.165) is 6.07 Å². The van der Waals surface area contributed by atoms with Gasteiger partial charge in [-0.2, -0.15) is 0 Å². The summed E-state index contributed by atoms with van der Waals surface area (Å²) < 4.78 is 38.0. The van der Waals surface area contributed by atoms with Crippen molar-refractivity contribution in [2.45, 2.75) is 36.0 Å². The molecule has 5 heteroatoms. The van der Waals surface area contributed by atoms with Crippen LogP contribution in [0.25, 0.3) is 0 Å². The Kier molecular flexibility index (Phi) is 3.23. The van der Waals surface area contributed by atoms with Crippen LogP contribution in [0.1, 0.15) is 19.8 Å². The molecule has 1 fully saturated rings. The fourth-order valence-corrected chi connectivity index (χ4v) is 4.51. The molecule has 0 aliphatic heterocycles. The summed E-state index contributed by atoms with van der Waals surface area (Å²) >= 11 is 0. The average Bonchev–Trinajstić information content (AvgIpc) is 2.60. The predicted molar refractivity (Wildman–Crippen MR) is 61.8 cm³/mol. The van der Waals surface area contributed by atoms with Crippen molar-refractivity contribution in [1.29, 1.82) is 0 Å². The van der Waals surface area contributed by atoms with Gasteiger partial charge in [0, 0.05) is 0 Å². The Morgan fingerprint density at radius 3 is 2.47 bits per heavy atom. The van der Waals surface area contributed by atoms with Crippen LogP contribution in [0.3, 0.4) is 0 Å². The first-order chi connectivity index (χ1) is 7.94. The zero-order valence-electron chi connectivity index (χ0n) is 9.51. The number of hydrogen-bond donors (Lipinski definition) is 1. The van der Waals surface area contributed by atoms with Gasteiger partial charge in [-0.3, -0.25) is 0 Å². The maximum Gasteiger partial charge on any atom is 0.184 e. The lowest BCUT2D eigenvalue weighted by Gasteiger charge is -2.18. The number of aliphatic hydroxyl groups is 1. The van der Waals surface area contributed by atoms with Crippen LogP contribution in [-0.2, 0) is 9.84 Å². The molecule has 3 atom stereocenters. The highest BCUT2D eigenvalue weighted by atomic mass is 32.2. The van der Waals surface area contributed by atoms with Gasteiger partial charge in [0.05, 0.1) is 11.4 Å². The van der Waals surface area contributed by atoms with Crippen LogP contribution in [0, 0.1) is 11.7 Å². The first kappa shape index (κ1) is 12.5. The van der Waals surface area contributed by atoms with Gasteiger partial charge in [0.1, 0.15) is 10.7 Å². The van der Waals surface area contributed by atoms with Crippen molar-refractivity contribution in [2.24, 2.45) is 5.92 Å². The van der Waals surface area contributed by atoms with Gasteiger partial charge < -0.3 is 5.11 Å². The molecule has 17 heavy (non-hydrogen) atoms. The number of aliphatic hydroxyl groups excluding tert-OH is 1. The van der Waals surface area contributed by atoms with E-state index in [1.165, 1.54) is 18.2 Å². The van der Waals surface area contributed by atoms with Crippen molar-refractivity contribution < 1.29 is 17.9 Å². The largest absolute Gasteiger partial charge is 0.393 e. The molecule has 0 aromatic heterocycles. The summed E-state index contributed by atoms with van der Waals surface area (Å²) in [5.74, 6) is -1.07. The molecule has 0 heterocycles. The topological polar surface area (TPSA) is 54.4 Å². The van der Waals surface area contributed by atoms with Crippen LogP contribution in [0.5, 0.6) is 0 Å². The van der Waals surface area contributed by atoms with Gasteiger partial charge in [-0.15, -0.1) is 0 Å².